The minimum Gasteiger partial charge on any atom is -0.352 e. The molecule has 0 saturated heterocycles. The quantitative estimate of drug-likeness (QED) is 0.753. The van der Waals surface area contributed by atoms with E-state index >= 15 is 0 Å². The van der Waals surface area contributed by atoms with Gasteiger partial charge >= 0.3 is 0 Å². The van der Waals surface area contributed by atoms with Gasteiger partial charge in [-0.1, -0.05) is 49.7 Å². The van der Waals surface area contributed by atoms with E-state index in [1.807, 2.05) is 25.1 Å². The van der Waals surface area contributed by atoms with Gasteiger partial charge in [0.2, 0.25) is 5.91 Å². The van der Waals surface area contributed by atoms with Gasteiger partial charge in [-0.05, 0) is 61.3 Å². The first-order valence-electron chi connectivity index (χ1n) is 10.4. The van der Waals surface area contributed by atoms with E-state index in [0.717, 1.165) is 17.9 Å². The van der Waals surface area contributed by atoms with Crippen LogP contribution >= 0.6 is 0 Å². The van der Waals surface area contributed by atoms with E-state index in [1.54, 1.807) is 36.4 Å². The highest BCUT2D eigenvalue weighted by molar-refractivity contribution is 7.92. The van der Waals surface area contributed by atoms with Crippen LogP contribution in [0.3, 0.4) is 0 Å². The first-order valence-corrected chi connectivity index (χ1v) is 11.9. The van der Waals surface area contributed by atoms with Crippen LogP contribution in [0.1, 0.15) is 38.2 Å². The number of sulfonamides is 1. The maximum Gasteiger partial charge on any atom is 0.264 e. The molecule has 1 N–H and O–H groups in total. The molecule has 2 fully saturated rings. The fraction of sp³-hybridized carbons (Fsp3) is 0.435. The number of amides is 1. The summed E-state index contributed by atoms with van der Waals surface area (Å²) in [6.07, 6.45) is 5.32. The van der Waals surface area contributed by atoms with Crippen LogP contribution in [0, 0.1) is 11.8 Å². The van der Waals surface area contributed by atoms with Crippen LogP contribution in [0.25, 0.3) is 0 Å². The van der Waals surface area contributed by atoms with E-state index in [4.69, 9.17) is 0 Å². The number of anilines is 1. The monoisotopic (exact) mass is 412 g/mol. The molecule has 29 heavy (non-hydrogen) atoms. The summed E-state index contributed by atoms with van der Waals surface area (Å²) in [6.45, 7) is 1.78. The fourth-order valence-corrected chi connectivity index (χ4v) is 6.36. The van der Waals surface area contributed by atoms with E-state index in [0.29, 0.717) is 18.0 Å². The van der Waals surface area contributed by atoms with Gasteiger partial charge in [-0.15, -0.1) is 0 Å². The van der Waals surface area contributed by atoms with Gasteiger partial charge in [0.1, 0.15) is 6.54 Å². The number of nitrogens with one attached hydrogen (secondary N) is 1. The summed E-state index contributed by atoms with van der Waals surface area (Å²) < 4.78 is 28.2. The molecule has 2 aliphatic carbocycles. The van der Waals surface area contributed by atoms with Crippen LogP contribution in [-0.4, -0.2) is 26.9 Å². The molecular weight excluding hydrogens is 384 g/mol. The van der Waals surface area contributed by atoms with Crippen molar-refractivity contribution in [2.45, 2.75) is 50.0 Å². The summed E-state index contributed by atoms with van der Waals surface area (Å²) in [7, 11) is -3.85. The molecule has 0 unspecified atom stereocenters. The molecular formula is C23H28N2O3S. The average molecular weight is 413 g/mol. The van der Waals surface area contributed by atoms with Crippen molar-refractivity contribution < 1.29 is 13.2 Å². The molecule has 2 bridgehead atoms. The third kappa shape index (κ3) is 4.04. The number of nitrogens with zero attached hydrogens (tertiary/aromatic N) is 1. The number of rotatable bonds is 7. The molecule has 4 rings (SSSR count). The van der Waals surface area contributed by atoms with Crippen LogP contribution in [0.4, 0.5) is 5.69 Å². The number of para-hydroxylation sites is 1. The van der Waals surface area contributed by atoms with Crippen molar-refractivity contribution in [2.75, 3.05) is 10.8 Å². The summed E-state index contributed by atoms with van der Waals surface area (Å²) in [5.74, 6) is 1.04. The van der Waals surface area contributed by atoms with Crippen LogP contribution in [0.2, 0.25) is 0 Å². The van der Waals surface area contributed by atoms with Crippen LogP contribution in [-0.2, 0) is 21.2 Å². The third-order valence-corrected chi connectivity index (χ3v) is 8.12. The van der Waals surface area contributed by atoms with Gasteiger partial charge in [0, 0.05) is 6.04 Å². The molecule has 2 aromatic carbocycles. The average Bonchev–Trinajstić information content (AvgIpc) is 3.36. The van der Waals surface area contributed by atoms with Crippen molar-refractivity contribution in [1.82, 2.24) is 5.32 Å². The molecule has 0 aromatic heterocycles. The third-order valence-electron chi connectivity index (χ3n) is 6.34. The Bertz CT molecular complexity index is 975. The van der Waals surface area contributed by atoms with Crippen molar-refractivity contribution in [3.05, 3.63) is 60.2 Å². The number of carbonyl (C=O) groups is 1. The lowest BCUT2D eigenvalue weighted by Crippen LogP contribution is -2.46. The number of aryl methyl sites for hydroxylation is 1. The Hall–Kier alpha value is -2.34. The minimum atomic E-state index is -3.85. The summed E-state index contributed by atoms with van der Waals surface area (Å²) in [5, 5.41) is 3.13. The molecule has 2 aromatic rings. The van der Waals surface area contributed by atoms with Gasteiger partial charge in [0.05, 0.1) is 10.6 Å². The number of hydrogen-bond acceptors (Lipinski definition) is 3. The lowest BCUT2D eigenvalue weighted by molar-refractivity contribution is -0.120. The van der Waals surface area contributed by atoms with Gasteiger partial charge in [0.25, 0.3) is 10.0 Å². The van der Waals surface area contributed by atoms with Gasteiger partial charge in [0.15, 0.2) is 0 Å². The minimum absolute atomic E-state index is 0.184. The van der Waals surface area contributed by atoms with Crippen LogP contribution in [0.5, 0.6) is 0 Å². The Morgan fingerprint density at radius 1 is 1.03 bits per heavy atom. The topological polar surface area (TPSA) is 66.5 Å². The Kier molecular flexibility index (Phi) is 5.63. The molecule has 2 saturated carbocycles. The van der Waals surface area contributed by atoms with Crippen molar-refractivity contribution in [2.24, 2.45) is 11.8 Å². The molecule has 6 heteroatoms. The van der Waals surface area contributed by atoms with Gasteiger partial charge in [-0.3, -0.25) is 9.10 Å². The van der Waals surface area contributed by atoms with E-state index in [1.165, 1.54) is 23.6 Å². The Labute approximate surface area is 173 Å². The standard InChI is InChI=1S/C23H28N2O3S/c1-2-18-8-6-7-11-22(18)25(29(27,28)20-9-4-3-5-10-20)16-23(26)24-21-15-17-12-13-19(21)14-17/h3-11,17,19,21H,2,12-16H2,1H3,(H,24,26)/t17-,19-,21-/m1/s1. The van der Waals surface area contributed by atoms with Crippen molar-refractivity contribution >= 4 is 21.6 Å². The number of benzene rings is 2. The highest BCUT2D eigenvalue weighted by Gasteiger charge is 2.40. The molecule has 3 atom stereocenters. The van der Waals surface area contributed by atoms with Gasteiger partial charge < -0.3 is 5.32 Å². The van der Waals surface area contributed by atoms with Gasteiger partial charge in [-0.25, -0.2) is 8.42 Å². The maximum atomic E-state index is 13.4. The second-order valence-electron chi connectivity index (χ2n) is 8.16. The maximum absolute atomic E-state index is 13.4. The second-order valence-corrected chi connectivity index (χ2v) is 10.0. The molecule has 0 radical (unpaired) electrons. The Morgan fingerprint density at radius 2 is 1.76 bits per heavy atom. The predicted octanol–water partition coefficient (Wildman–Crippen LogP) is 3.75. The summed E-state index contributed by atoms with van der Waals surface area (Å²) in [4.78, 5) is 13.1. The van der Waals surface area contributed by atoms with Crippen LogP contribution in [0.15, 0.2) is 59.5 Å². The highest BCUT2D eigenvalue weighted by Crippen LogP contribution is 2.44. The summed E-state index contributed by atoms with van der Waals surface area (Å²) in [5.41, 5.74) is 1.47. The van der Waals surface area contributed by atoms with Crippen LogP contribution < -0.4 is 9.62 Å². The van der Waals surface area contributed by atoms with E-state index in [9.17, 15) is 13.2 Å². The molecule has 2 aliphatic rings. The molecule has 0 aliphatic heterocycles. The summed E-state index contributed by atoms with van der Waals surface area (Å²) in [6, 6.07) is 15.9. The van der Waals surface area contributed by atoms with Crippen molar-refractivity contribution in [1.29, 1.82) is 0 Å². The Balaban J connectivity index is 1.62. The first-order chi connectivity index (χ1) is 14.0. The SMILES string of the molecule is CCc1ccccc1N(CC(=O)N[C@@H]1C[C@@H]2CC[C@@H]1C2)S(=O)(=O)c1ccccc1. The second kappa shape index (κ2) is 8.19. The zero-order valence-corrected chi connectivity index (χ0v) is 17.6. The number of fused-ring (bicyclic) bond motifs is 2. The molecule has 0 heterocycles. The smallest absolute Gasteiger partial charge is 0.264 e. The van der Waals surface area contributed by atoms with E-state index in [2.05, 4.69) is 5.32 Å². The summed E-state index contributed by atoms with van der Waals surface area (Å²) >= 11 is 0. The van der Waals surface area contributed by atoms with Crippen molar-refractivity contribution in [3.63, 3.8) is 0 Å². The molecule has 5 nitrogen and oxygen atoms in total. The zero-order valence-electron chi connectivity index (χ0n) is 16.8. The highest BCUT2D eigenvalue weighted by atomic mass is 32.2. The molecule has 1 amide bonds. The zero-order chi connectivity index (χ0) is 20.4. The number of carbonyl (C=O) groups excluding carboxylic acids is 1. The first kappa shape index (κ1) is 20.0. The molecule has 154 valence electrons. The Morgan fingerprint density at radius 3 is 2.41 bits per heavy atom. The van der Waals surface area contributed by atoms with Crippen molar-refractivity contribution in [3.8, 4) is 0 Å². The molecule has 0 spiro atoms. The van der Waals surface area contributed by atoms with Gasteiger partial charge in [-0.2, -0.15) is 0 Å². The lowest BCUT2D eigenvalue weighted by Gasteiger charge is -2.28. The normalized spacial score (nSPS) is 23.1. The van der Waals surface area contributed by atoms with E-state index in [-0.39, 0.29) is 23.4 Å². The van der Waals surface area contributed by atoms with E-state index < -0.39 is 10.0 Å². The fourth-order valence-electron chi connectivity index (χ4n) is 4.88. The predicted molar refractivity (Wildman–Crippen MR) is 114 cm³/mol. The lowest BCUT2D eigenvalue weighted by atomic mass is 9.95. The number of hydrogen-bond donors (Lipinski definition) is 1. The largest absolute Gasteiger partial charge is 0.352 e.